The largest absolute Gasteiger partial charge is 0.494 e. The fraction of sp³-hybridized carbons (Fsp3) is 0.129. The molecule has 0 bridgehead atoms. The number of carbonyl (C=O) groups is 3. The monoisotopic (exact) mass is 600 g/mol. The van der Waals surface area contributed by atoms with Crippen molar-refractivity contribution >= 4 is 56.3 Å². The molecule has 9 heteroatoms. The smallest absolute Gasteiger partial charge is 0.335 e. The Hall–Kier alpha value is -4.63. The number of imide groups is 2. The number of nitrogens with zero attached hydrogens (tertiary/aromatic N) is 1. The van der Waals surface area contributed by atoms with Crippen LogP contribution in [-0.2, 0) is 16.2 Å². The van der Waals surface area contributed by atoms with Crippen LogP contribution in [0.3, 0.4) is 0 Å². The van der Waals surface area contributed by atoms with Gasteiger partial charge in [-0.05, 0) is 87.2 Å². The van der Waals surface area contributed by atoms with Crippen LogP contribution in [0.25, 0.3) is 16.8 Å². The minimum Gasteiger partial charge on any atom is -0.494 e. The van der Waals surface area contributed by atoms with Gasteiger partial charge in [-0.15, -0.1) is 0 Å². The molecule has 202 valence electrons. The van der Waals surface area contributed by atoms with E-state index >= 15 is 0 Å². The first kappa shape index (κ1) is 27.0. The van der Waals surface area contributed by atoms with Crippen LogP contribution in [0.1, 0.15) is 18.1 Å². The molecule has 5 rings (SSSR count). The van der Waals surface area contributed by atoms with Crippen LogP contribution >= 0.6 is 15.9 Å². The van der Waals surface area contributed by atoms with Gasteiger partial charge in [0.1, 0.15) is 17.9 Å². The van der Waals surface area contributed by atoms with Crippen molar-refractivity contribution in [2.24, 2.45) is 0 Å². The minimum absolute atomic E-state index is 0.202. The molecule has 8 nitrogen and oxygen atoms in total. The molecule has 4 amide bonds. The van der Waals surface area contributed by atoms with Gasteiger partial charge in [-0.25, -0.2) is 9.69 Å². The van der Waals surface area contributed by atoms with Crippen molar-refractivity contribution in [3.05, 3.63) is 100 Å². The van der Waals surface area contributed by atoms with E-state index in [2.05, 4.69) is 21.2 Å². The number of halogens is 1. The first-order chi connectivity index (χ1) is 19.4. The average Bonchev–Trinajstić information content (AvgIpc) is 2.95. The molecule has 1 fully saturated rings. The third kappa shape index (κ3) is 5.41. The fourth-order valence-electron chi connectivity index (χ4n) is 4.45. The molecule has 4 aromatic carbocycles. The highest BCUT2D eigenvalue weighted by atomic mass is 79.9. The minimum atomic E-state index is -0.827. The standard InChI is InChI=1S/C31H25BrN2O6/c1-3-39-23-13-11-22(12-14-23)34-30(36)25(29(35)33-31(34)37)15-19-16-26(32)28(27(17-19)38-2)40-18-21-9-6-8-20-7-4-5-10-24(20)21/h4-17H,3,18H2,1-2H3,(H,33,35,37)/b25-15-. The van der Waals surface area contributed by atoms with E-state index in [0.717, 1.165) is 21.2 Å². The number of fused-ring (bicyclic) bond motifs is 1. The number of methoxy groups -OCH3 is 1. The van der Waals surface area contributed by atoms with Crippen molar-refractivity contribution in [1.29, 1.82) is 0 Å². The highest BCUT2D eigenvalue weighted by molar-refractivity contribution is 9.10. The zero-order valence-electron chi connectivity index (χ0n) is 21.8. The Morgan fingerprint density at radius 1 is 0.925 bits per heavy atom. The molecule has 0 saturated carbocycles. The zero-order chi connectivity index (χ0) is 28.2. The van der Waals surface area contributed by atoms with Crippen molar-refractivity contribution in [2.45, 2.75) is 13.5 Å². The number of ether oxygens (including phenoxy) is 3. The number of benzene rings is 4. The Balaban J connectivity index is 1.42. The summed E-state index contributed by atoms with van der Waals surface area (Å²) in [7, 11) is 1.51. The lowest BCUT2D eigenvalue weighted by Gasteiger charge is -2.26. The van der Waals surface area contributed by atoms with Crippen LogP contribution in [0.2, 0.25) is 0 Å². The number of amides is 4. The van der Waals surface area contributed by atoms with E-state index in [0.29, 0.717) is 46.2 Å². The summed E-state index contributed by atoms with van der Waals surface area (Å²) in [4.78, 5) is 39.5. The lowest BCUT2D eigenvalue weighted by atomic mass is 10.1. The van der Waals surface area contributed by atoms with Crippen molar-refractivity contribution in [2.75, 3.05) is 18.6 Å². The van der Waals surface area contributed by atoms with Crippen molar-refractivity contribution in [3.63, 3.8) is 0 Å². The molecule has 1 N–H and O–H groups in total. The molecule has 0 unspecified atom stereocenters. The molecule has 1 aliphatic heterocycles. The quantitative estimate of drug-likeness (QED) is 0.190. The number of nitrogens with one attached hydrogen (secondary N) is 1. The van der Waals surface area contributed by atoms with E-state index in [1.165, 1.54) is 13.2 Å². The Morgan fingerprint density at radius 3 is 2.42 bits per heavy atom. The highest BCUT2D eigenvalue weighted by Gasteiger charge is 2.37. The molecule has 0 radical (unpaired) electrons. The second kappa shape index (κ2) is 11.6. The molecule has 1 saturated heterocycles. The molecule has 1 heterocycles. The molecule has 0 aromatic heterocycles. The predicted octanol–water partition coefficient (Wildman–Crippen LogP) is 6.26. The molecule has 0 atom stereocenters. The lowest BCUT2D eigenvalue weighted by Crippen LogP contribution is -2.54. The summed E-state index contributed by atoms with van der Waals surface area (Å²) in [5.74, 6) is -0.0525. The zero-order valence-corrected chi connectivity index (χ0v) is 23.4. The van der Waals surface area contributed by atoms with E-state index in [1.54, 1.807) is 36.4 Å². The van der Waals surface area contributed by atoms with Crippen molar-refractivity contribution in [3.8, 4) is 17.2 Å². The fourth-order valence-corrected chi connectivity index (χ4v) is 5.02. The molecule has 0 spiro atoms. The third-order valence-corrected chi connectivity index (χ3v) is 6.91. The van der Waals surface area contributed by atoms with Gasteiger partial charge in [0.05, 0.1) is 23.9 Å². The van der Waals surface area contributed by atoms with Crippen LogP contribution in [0.15, 0.2) is 88.9 Å². The topological polar surface area (TPSA) is 94.2 Å². The second-order valence-electron chi connectivity index (χ2n) is 8.85. The maximum Gasteiger partial charge on any atom is 0.335 e. The van der Waals surface area contributed by atoms with Gasteiger partial charge in [0.15, 0.2) is 11.5 Å². The van der Waals surface area contributed by atoms with Crippen LogP contribution in [0, 0.1) is 0 Å². The number of carbonyl (C=O) groups excluding carboxylic acids is 3. The third-order valence-electron chi connectivity index (χ3n) is 6.32. The van der Waals surface area contributed by atoms with Crippen molar-refractivity contribution in [1.82, 2.24) is 5.32 Å². The summed E-state index contributed by atoms with van der Waals surface area (Å²) in [6.07, 6.45) is 1.41. The summed E-state index contributed by atoms with van der Waals surface area (Å²) in [5.41, 5.74) is 1.62. The number of hydrogen-bond donors (Lipinski definition) is 1. The molecule has 40 heavy (non-hydrogen) atoms. The Labute approximate surface area is 239 Å². The number of rotatable bonds is 8. The van der Waals surface area contributed by atoms with Gasteiger partial charge in [-0.1, -0.05) is 42.5 Å². The number of hydrogen-bond acceptors (Lipinski definition) is 6. The summed E-state index contributed by atoms with van der Waals surface area (Å²) in [6.45, 7) is 2.64. The van der Waals surface area contributed by atoms with Crippen LogP contribution in [0.4, 0.5) is 10.5 Å². The average molecular weight is 601 g/mol. The summed E-state index contributed by atoms with van der Waals surface area (Å²) in [6, 6.07) is 23.1. The van der Waals surface area contributed by atoms with Gasteiger partial charge in [-0.2, -0.15) is 0 Å². The van der Waals surface area contributed by atoms with Crippen molar-refractivity contribution < 1.29 is 28.6 Å². The first-order valence-electron chi connectivity index (χ1n) is 12.5. The number of anilines is 1. The van der Waals surface area contributed by atoms with Gasteiger partial charge in [0.2, 0.25) is 0 Å². The first-order valence-corrected chi connectivity index (χ1v) is 13.3. The second-order valence-corrected chi connectivity index (χ2v) is 9.70. The van der Waals surface area contributed by atoms with E-state index in [9.17, 15) is 14.4 Å². The van der Waals surface area contributed by atoms with E-state index in [4.69, 9.17) is 14.2 Å². The molecule has 4 aromatic rings. The Bertz CT molecular complexity index is 1640. The van der Waals surface area contributed by atoms with Gasteiger partial charge in [0, 0.05) is 0 Å². The predicted molar refractivity (Wildman–Crippen MR) is 156 cm³/mol. The Kier molecular flexibility index (Phi) is 7.84. The maximum atomic E-state index is 13.3. The highest BCUT2D eigenvalue weighted by Crippen LogP contribution is 2.38. The van der Waals surface area contributed by atoms with E-state index in [1.807, 2.05) is 49.4 Å². The van der Waals surface area contributed by atoms with Gasteiger partial charge < -0.3 is 14.2 Å². The molecular weight excluding hydrogens is 576 g/mol. The van der Waals surface area contributed by atoms with Crippen LogP contribution in [-0.4, -0.2) is 31.6 Å². The lowest BCUT2D eigenvalue weighted by molar-refractivity contribution is -0.122. The normalized spacial score (nSPS) is 14.4. The summed E-state index contributed by atoms with van der Waals surface area (Å²) >= 11 is 3.54. The number of barbiturate groups is 1. The number of urea groups is 1. The summed E-state index contributed by atoms with van der Waals surface area (Å²) in [5, 5.41) is 4.44. The van der Waals surface area contributed by atoms with Gasteiger partial charge >= 0.3 is 6.03 Å². The van der Waals surface area contributed by atoms with Gasteiger partial charge in [-0.3, -0.25) is 14.9 Å². The molecule has 1 aliphatic rings. The Morgan fingerprint density at radius 2 is 1.68 bits per heavy atom. The van der Waals surface area contributed by atoms with E-state index < -0.39 is 17.8 Å². The van der Waals surface area contributed by atoms with Crippen LogP contribution in [0.5, 0.6) is 17.2 Å². The SMILES string of the molecule is CCOc1ccc(N2C(=O)NC(=O)/C(=C/c3cc(Br)c(OCc4cccc5ccccc45)c(OC)c3)C2=O)cc1. The maximum absolute atomic E-state index is 13.3. The van der Waals surface area contributed by atoms with E-state index in [-0.39, 0.29) is 5.57 Å². The van der Waals surface area contributed by atoms with Gasteiger partial charge in [0.25, 0.3) is 11.8 Å². The van der Waals surface area contributed by atoms with Crippen LogP contribution < -0.4 is 24.4 Å². The molecular formula is C31H25BrN2O6. The summed E-state index contributed by atoms with van der Waals surface area (Å²) < 4.78 is 17.7. The molecule has 0 aliphatic carbocycles.